The Labute approximate surface area is 163 Å². The molecule has 2 aromatic carbocycles. The van der Waals surface area contributed by atoms with Crippen LogP contribution in [0.1, 0.15) is 28.4 Å². The van der Waals surface area contributed by atoms with Crippen molar-refractivity contribution in [3.63, 3.8) is 0 Å². The maximum absolute atomic E-state index is 12.2. The zero-order chi connectivity index (χ0) is 20.7. The summed E-state index contributed by atoms with van der Waals surface area (Å²) >= 11 is 0. The average Bonchev–Trinajstić information content (AvgIpc) is 2.71. The quantitative estimate of drug-likeness (QED) is 0.426. The molecule has 0 aliphatic heterocycles. The Morgan fingerprint density at radius 2 is 1.79 bits per heavy atom. The van der Waals surface area contributed by atoms with E-state index >= 15 is 0 Å². The molecule has 0 heterocycles. The molecule has 1 N–H and O–H groups in total. The molecule has 0 fully saturated rings. The number of rotatable bonds is 8. The Bertz CT molecular complexity index is 865. The van der Waals surface area contributed by atoms with Gasteiger partial charge in [-0.2, -0.15) is 0 Å². The van der Waals surface area contributed by atoms with E-state index in [0.717, 1.165) is 18.1 Å². The van der Waals surface area contributed by atoms with Gasteiger partial charge in [0.15, 0.2) is 6.61 Å². The van der Waals surface area contributed by atoms with Gasteiger partial charge in [-0.05, 0) is 29.7 Å². The number of likely N-dealkylation sites (N-methyl/N-ethyl adjacent to an activating group) is 1. The van der Waals surface area contributed by atoms with Crippen LogP contribution in [0.2, 0.25) is 0 Å². The number of aryl methyl sites for hydroxylation is 1. The molecule has 0 aromatic heterocycles. The van der Waals surface area contributed by atoms with Gasteiger partial charge in [0.25, 0.3) is 11.6 Å². The van der Waals surface area contributed by atoms with Crippen LogP contribution in [0.15, 0.2) is 42.5 Å². The first-order valence-electron chi connectivity index (χ1n) is 8.80. The highest BCUT2D eigenvalue weighted by Crippen LogP contribution is 2.25. The molecule has 8 nitrogen and oxygen atoms in total. The number of carbonyl (C=O) groups excluding carboxylic acids is 2. The first kappa shape index (κ1) is 20.9. The summed E-state index contributed by atoms with van der Waals surface area (Å²) in [4.78, 5) is 36.3. The van der Waals surface area contributed by atoms with Crippen LogP contribution in [0, 0.1) is 10.1 Å². The van der Waals surface area contributed by atoms with Crippen molar-refractivity contribution in [3.05, 3.63) is 69.3 Å². The maximum Gasteiger partial charge on any atom is 0.338 e. The van der Waals surface area contributed by atoms with Crippen molar-refractivity contribution in [2.45, 2.75) is 19.9 Å². The summed E-state index contributed by atoms with van der Waals surface area (Å²) in [6.07, 6.45) is 0.943. The normalized spacial score (nSPS) is 10.2. The second-order valence-corrected chi connectivity index (χ2v) is 6.24. The van der Waals surface area contributed by atoms with E-state index in [2.05, 4.69) is 12.2 Å². The van der Waals surface area contributed by atoms with Crippen molar-refractivity contribution in [3.8, 4) is 0 Å². The molecular formula is C20H23N3O5. The number of nitro benzene ring substituents is 1. The Morgan fingerprint density at radius 1 is 1.14 bits per heavy atom. The minimum atomic E-state index is -0.792. The highest BCUT2D eigenvalue weighted by atomic mass is 16.6. The van der Waals surface area contributed by atoms with Gasteiger partial charge in [-0.15, -0.1) is 0 Å². The lowest BCUT2D eigenvalue weighted by Crippen LogP contribution is -2.30. The lowest BCUT2D eigenvalue weighted by atomic mass is 10.1. The molecule has 148 valence electrons. The minimum Gasteiger partial charge on any atom is -0.452 e. The second-order valence-electron chi connectivity index (χ2n) is 6.24. The Balaban J connectivity index is 1.94. The highest BCUT2D eigenvalue weighted by molar-refractivity contribution is 5.93. The fraction of sp³-hybridized carbons (Fsp3) is 0.300. The molecule has 1 amide bonds. The van der Waals surface area contributed by atoms with E-state index in [9.17, 15) is 19.7 Å². The van der Waals surface area contributed by atoms with E-state index in [-0.39, 0.29) is 22.8 Å². The highest BCUT2D eigenvalue weighted by Gasteiger charge is 2.19. The maximum atomic E-state index is 12.2. The van der Waals surface area contributed by atoms with E-state index in [1.54, 1.807) is 14.1 Å². The van der Waals surface area contributed by atoms with Crippen molar-refractivity contribution in [1.82, 2.24) is 4.90 Å². The Hall–Kier alpha value is -3.42. The molecule has 0 radical (unpaired) electrons. The number of benzene rings is 2. The summed E-state index contributed by atoms with van der Waals surface area (Å²) in [6.45, 7) is 2.02. The molecule has 2 rings (SSSR count). The minimum absolute atomic E-state index is 0.0105. The number of amides is 1. The summed E-state index contributed by atoms with van der Waals surface area (Å²) in [5.74, 6) is -1.16. The smallest absolute Gasteiger partial charge is 0.338 e. The molecule has 28 heavy (non-hydrogen) atoms. The number of esters is 1. The van der Waals surface area contributed by atoms with Crippen molar-refractivity contribution >= 4 is 23.3 Å². The van der Waals surface area contributed by atoms with Gasteiger partial charge in [0.1, 0.15) is 5.69 Å². The van der Waals surface area contributed by atoms with Gasteiger partial charge in [-0.3, -0.25) is 14.9 Å². The van der Waals surface area contributed by atoms with Gasteiger partial charge in [0, 0.05) is 26.7 Å². The fourth-order valence-corrected chi connectivity index (χ4v) is 2.58. The molecule has 0 spiro atoms. The van der Waals surface area contributed by atoms with Crippen molar-refractivity contribution < 1.29 is 19.2 Å². The number of anilines is 1. The third-order valence-electron chi connectivity index (χ3n) is 4.30. The standard InChI is InChI=1S/C20H23N3O5/c1-4-14-5-7-15(8-6-14)12-22(3)19(24)13-28-20(25)16-9-10-17(21-2)18(11-16)23(26)27/h5-11,21H,4,12-13H2,1-3H3. The van der Waals surface area contributed by atoms with Crippen LogP contribution in [0.25, 0.3) is 0 Å². The van der Waals surface area contributed by atoms with E-state index < -0.39 is 17.5 Å². The molecule has 0 bridgehead atoms. The first-order chi connectivity index (χ1) is 13.3. The SMILES string of the molecule is CCc1ccc(CN(C)C(=O)COC(=O)c2ccc(NC)c([N+](=O)[O-])c2)cc1. The number of hydrogen-bond donors (Lipinski definition) is 1. The molecule has 0 saturated carbocycles. The molecule has 8 heteroatoms. The van der Waals surface area contributed by atoms with Crippen LogP contribution in [0.5, 0.6) is 0 Å². The van der Waals surface area contributed by atoms with Gasteiger partial charge in [0.2, 0.25) is 0 Å². The van der Waals surface area contributed by atoms with Crippen molar-refractivity contribution in [1.29, 1.82) is 0 Å². The van der Waals surface area contributed by atoms with Gasteiger partial charge in [-0.25, -0.2) is 4.79 Å². The summed E-state index contributed by atoms with van der Waals surface area (Å²) in [7, 11) is 3.17. The van der Waals surface area contributed by atoms with Gasteiger partial charge < -0.3 is 15.0 Å². The van der Waals surface area contributed by atoms with E-state index in [1.807, 2.05) is 24.3 Å². The number of nitrogens with one attached hydrogen (secondary N) is 1. The van der Waals surface area contributed by atoms with Crippen molar-refractivity contribution in [2.75, 3.05) is 26.0 Å². The van der Waals surface area contributed by atoms with Crippen LogP contribution in [0.3, 0.4) is 0 Å². The monoisotopic (exact) mass is 385 g/mol. The van der Waals surface area contributed by atoms with Crippen molar-refractivity contribution in [2.24, 2.45) is 0 Å². The van der Waals surface area contributed by atoms with E-state index in [1.165, 1.54) is 22.6 Å². The molecule has 0 aliphatic rings. The van der Waals surface area contributed by atoms with Crippen LogP contribution < -0.4 is 5.32 Å². The van der Waals surface area contributed by atoms with E-state index in [4.69, 9.17) is 4.74 Å². The lowest BCUT2D eigenvalue weighted by Gasteiger charge is -2.17. The van der Waals surface area contributed by atoms with Crippen LogP contribution in [-0.4, -0.2) is 42.4 Å². The molecule has 0 saturated heterocycles. The Kier molecular flexibility index (Phi) is 7.08. The van der Waals surface area contributed by atoms with E-state index in [0.29, 0.717) is 6.54 Å². The van der Waals surface area contributed by atoms with Crippen LogP contribution >= 0.6 is 0 Å². The summed E-state index contributed by atoms with van der Waals surface area (Å²) in [6, 6.07) is 11.9. The van der Waals surface area contributed by atoms with Gasteiger partial charge in [-0.1, -0.05) is 31.2 Å². The molecule has 2 aromatic rings. The Morgan fingerprint density at radius 3 is 2.36 bits per heavy atom. The summed E-state index contributed by atoms with van der Waals surface area (Å²) in [5.41, 5.74) is 2.24. The number of nitro groups is 1. The number of carbonyl (C=O) groups is 2. The predicted molar refractivity (Wildman–Crippen MR) is 105 cm³/mol. The first-order valence-corrected chi connectivity index (χ1v) is 8.80. The summed E-state index contributed by atoms with van der Waals surface area (Å²) in [5, 5.41) is 13.8. The topological polar surface area (TPSA) is 102 Å². The molecule has 0 aliphatic carbocycles. The summed E-state index contributed by atoms with van der Waals surface area (Å²) < 4.78 is 5.02. The third kappa shape index (κ3) is 5.29. The number of nitrogens with zero attached hydrogens (tertiary/aromatic N) is 2. The van der Waals surface area contributed by atoms with Gasteiger partial charge in [0.05, 0.1) is 10.5 Å². The number of ether oxygens (including phenoxy) is 1. The van der Waals surface area contributed by atoms with Crippen LogP contribution in [0.4, 0.5) is 11.4 Å². The molecular weight excluding hydrogens is 362 g/mol. The zero-order valence-electron chi connectivity index (χ0n) is 16.1. The lowest BCUT2D eigenvalue weighted by molar-refractivity contribution is -0.384. The zero-order valence-corrected chi connectivity index (χ0v) is 16.1. The van der Waals surface area contributed by atoms with Crippen LogP contribution in [-0.2, 0) is 22.5 Å². The largest absolute Gasteiger partial charge is 0.452 e. The predicted octanol–water partition coefficient (Wildman–Crippen LogP) is 3.01. The average molecular weight is 385 g/mol. The third-order valence-corrected chi connectivity index (χ3v) is 4.30. The number of hydrogen-bond acceptors (Lipinski definition) is 6. The molecule has 0 atom stereocenters. The van der Waals surface area contributed by atoms with Gasteiger partial charge >= 0.3 is 5.97 Å². The second kappa shape index (κ2) is 9.50. The fourth-order valence-electron chi connectivity index (χ4n) is 2.58. The molecule has 0 unspecified atom stereocenters.